The zero-order chi connectivity index (χ0) is 30.0. The smallest absolute Gasteiger partial charge is 0.264 e. The van der Waals surface area contributed by atoms with Gasteiger partial charge in [0.05, 0.1) is 17.1 Å². The molecule has 1 aromatic heterocycles. The average Bonchev–Trinajstić information content (AvgIpc) is 3.00. The molecule has 2 heterocycles. The Morgan fingerprint density at radius 1 is 0.860 bits per heavy atom. The van der Waals surface area contributed by atoms with Crippen molar-refractivity contribution in [2.45, 2.75) is 31.4 Å². The Morgan fingerprint density at radius 2 is 1.53 bits per heavy atom. The van der Waals surface area contributed by atoms with Gasteiger partial charge in [0.25, 0.3) is 15.9 Å². The average molecular weight is 593 g/mol. The lowest BCUT2D eigenvalue weighted by Crippen LogP contribution is -2.36. The number of ether oxygens (including phenoxy) is 1. The number of hydrogen-bond acceptors (Lipinski definition) is 6. The first-order chi connectivity index (χ1) is 20.8. The number of nitrogens with zero attached hydrogens (tertiary/aromatic N) is 3. The summed E-state index contributed by atoms with van der Waals surface area (Å²) in [6.07, 6.45) is -0.622. The van der Waals surface area contributed by atoms with Gasteiger partial charge in [-0.05, 0) is 54.3 Å². The Labute approximate surface area is 252 Å². The number of fused-ring (bicyclic) bond motifs is 4. The van der Waals surface area contributed by atoms with Crippen LogP contribution in [-0.2, 0) is 16.6 Å². The largest absolute Gasteiger partial charge is 0.467 e. The monoisotopic (exact) mass is 592 g/mol. The van der Waals surface area contributed by atoms with Crippen LogP contribution < -0.4 is 9.46 Å². The van der Waals surface area contributed by atoms with Gasteiger partial charge in [-0.1, -0.05) is 84.9 Å². The van der Waals surface area contributed by atoms with Gasteiger partial charge in [0.1, 0.15) is 6.10 Å². The van der Waals surface area contributed by atoms with Gasteiger partial charge in [-0.3, -0.25) is 4.79 Å². The van der Waals surface area contributed by atoms with Crippen molar-refractivity contribution in [1.82, 2.24) is 14.9 Å². The van der Waals surface area contributed by atoms with Crippen molar-refractivity contribution in [3.8, 4) is 17.1 Å². The SMILES string of the molecule is Cc1cccc(C)c1-c1cc2nc(n1)NS(=O)(=O)c1cccc(c1)C(=O)N(Cc1ccccc1)C[C@@H](c1ccccc1)O2.[HH]. The zero-order valence-corrected chi connectivity index (χ0v) is 24.6. The van der Waals surface area contributed by atoms with Crippen LogP contribution in [0.3, 0.4) is 0 Å². The number of hydrogen-bond donors (Lipinski definition) is 1. The predicted molar refractivity (Wildman–Crippen MR) is 167 cm³/mol. The third-order valence-electron chi connectivity index (χ3n) is 7.38. The highest BCUT2D eigenvalue weighted by atomic mass is 32.2. The van der Waals surface area contributed by atoms with E-state index >= 15 is 0 Å². The van der Waals surface area contributed by atoms with Gasteiger partial charge in [0, 0.05) is 25.2 Å². The molecule has 4 bridgehead atoms. The lowest BCUT2D eigenvalue weighted by atomic mass is 10.00. The Balaban J connectivity index is 0.00000384. The Kier molecular flexibility index (Phi) is 7.65. The molecule has 6 rings (SSSR count). The topological polar surface area (TPSA) is 101 Å². The molecule has 0 aliphatic carbocycles. The minimum Gasteiger partial charge on any atom is -0.467 e. The fraction of sp³-hybridized carbons (Fsp3) is 0.147. The van der Waals surface area contributed by atoms with Crippen molar-refractivity contribution in [1.29, 1.82) is 0 Å². The van der Waals surface area contributed by atoms with Gasteiger partial charge in [-0.15, -0.1) is 0 Å². The summed E-state index contributed by atoms with van der Waals surface area (Å²) < 4.78 is 36.2. The molecule has 1 atom stereocenters. The number of carbonyl (C=O) groups excluding carboxylic acids is 1. The highest BCUT2D eigenvalue weighted by Gasteiger charge is 2.27. The Morgan fingerprint density at radius 3 is 2.26 bits per heavy atom. The molecule has 1 amide bonds. The van der Waals surface area contributed by atoms with Crippen molar-refractivity contribution in [3.05, 3.63) is 137 Å². The maximum absolute atomic E-state index is 14.0. The van der Waals surface area contributed by atoms with Crippen LogP contribution in [0.2, 0.25) is 0 Å². The number of aryl methyl sites for hydroxylation is 2. The summed E-state index contributed by atoms with van der Waals surface area (Å²) in [7, 11) is -4.14. The molecular formula is C34H32N4O4S. The molecule has 4 aromatic carbocycles. The van der Waals surface area contributed by atoms with Crippen molar-refractivity contribution >= 4 is 21.9 Å². The van der Waals surface area contributed by atoms with Gasteiger partial charge in [-0.2, -0.15) is 4.98 Å². The maximum Gasteiger partial charge on any atom is 0.264 e. The molecule has 0 spiro atoms. The van der Waals surface area contributed by atoms with E-state index in [2.05, 4.69) is 14.7 Å². The molecule has 218 valence electrons. The second-order valence-corrected chi connectivity index (χ2v) is 12.2. The molecule has 0 fully saturated rings. The fourth-order valence-corrected chi connectivity index (χ4v) is 6.27. The van der Waals surface area contributed by atoms with Gasteiger partial charge < -0.3 is 9.64 Å². The highest BCUT2D eigenvalue weighted by Crippen LogP contribution is 2.32. The van der Waals surface area contributed by atoms with E-state index in [1.54, 1.807) is 23.1 Å². The van der Waals surface area contributed by atoms with E-state index in [1.807, 2.05) is 92.7 Å². The molecular weight excluding hydrogens is 560 g/mol. The quantitative estimate of drug-likeness (QED) is 0.253. The Hall–Kier alpha value is -5.02. The summed E-state index contributed by atoms with van der Waals surface area (Å²) >= 11 is 0. The van der Waals surface area contributed by atoms with Crippen molar-refractivity contribution < 1.29 is 19.4 Å². The van der Waals surface area contributed by atoms with E-state index in [0.717, 1.165) is 27.8 Å². The molecule has 1 aliphatic rings. The van der Waals surface area contributed by atoms with Crippen LogP contribution >= 0.6 is 0 Å². The summed E-state index contributed by atoms with van der Waals surface area (Å²) in [5, 5.41) is 0. The van der Waals surface area contributed by atoms with Crippen LogP contribution in [-0.4, -0.2) is 35.7 Å². The normalized spacial score (nSPS) is 16.2. The number of carbonyl (C=O) groups is 1. The molecule has 0 radical (unpaired) electrons. The van der Waals surface area contributed by atoms with Gasteiger partial charge in [0.15, 0.2) is 0 Å². The molecule has 0 saturated carbocycles. The van der Waals surface area contributed by atoms with Crippen LogP contribution in [0.25, 0.3) is 11.3 Å². The minimum atomic E-state index is -4.14. The van der Waals surface area contributed by atoms with Gasteiger partial charge >= 0.3 is 0 Å². The van der Waals surface area contributed by atoms with Crippen molar-refractivity contribution in [2.75, 3.05) is 11.3 Å². The molecule has 8 nitrogen and oxygen atoms in total. The highest BCUT2D eigenvalue weighted by molar-refractivity contribution is 7.92. The summed E-state index contributed by atoms with van der Waals surface area (Å²) in [6.45, 7) is 4.43. The number of sulfonamides is 1. The maximum atomic E-state index is 14.0. The third kappa shape index (κ3) is 6.12. The van der Waals surface area contributed by atoms with Crippen LogP contribution in [0.1, 0.15) is 40.1 Å². The number of amides is 1. The van der Waals surface area contributed by atoms with E-state index in [-0.39, 0.29) is 36.2 Å². The van der Waals surface area contributed by atoms with Crippen LogP contribution in [0, 0.1) is 13.8 Å². The van der Waals surface area contributed by atoms with E-state index in [0.29, 0.717) is 12.2 Å². The molecule has 0 saturated heterocycles. The van der Waals surface area contributed by atoms with Gasteiger partial charge in [0.2, 0.25) is 11.8 Å². The van der Waals surface area contributed by atoms with Crippen molar-refractivity contribution in [2.24, 2.45) is 0 Å². The summed E-state index contributed by atoms with van der Waals surface area (Å²) in [4.78, 5) is 24.7. The second-order valence-electron chi connectivity index (χ2n) is 10.5. The van der Waals surface area contributed by atoms with Crippen LogP contribution in [0.4, 0.5) is 5.95 Å². The van der Waals surface area contributed by atoms with E-state index in [9.17, 15) is 13.2 Å². The predicted octanol–water partition coefficient (Wildman–Crippen LogP) is 6.58. The molecule has 5 aromatic rings. The van der Waals surface area contributed by atoms with Crippen LogP contribution in [0.15, 0.2) is 114 Å². The molecule has 1 N–H and O–H groups in total. The van der Waals surface area contributed by atoms with E-state index in [1.165, 1.54) is 12.1 Å². The fourth-order valence-electron chi connectivity index (χ4n) is 5.28. The number of benzene rings is 4. The molecule has 43 heavy (non-hydrogen) atoms. The first-order valence-electron chi connectivity index (χ1n) is 13.9. The summed E-state index contributed by atoms with van der Waals surface area (Å²) in [5.41, 5.74) is 5.34. The Bertz CT molecular complexity index is 1880. The number of nitrogens with one attached hydrogen (secondary N) is 1. The van der Waals surface area contributed by atoms with Crippen molar-refractivity contribution in [3.63, 3.8) is 0 Å². The number of aromatic nitrogens is 2. The minimum absolute atomic E-state index is 0. The first kappa shape index (κ1) is 28.1. The van der Waals surface area contributed by atoms with Gasteiger partial charge in [-0.25, -0.2) is 18.1 Å². The summed E-state index contributed by atoms with van der Waals surface area (Å²) in [6, 6.07) is 32.9. The van der Waals surface area contributed by atoms with E-state index < -0.39 is 16.1 Å². The molecule has 1 aliphatic heterocycles. The first-order valence-corrected chi connectivity index (χ1v) is 15.4. The molecule has 9 heteroatoms. The van der Waals surface area contributed by atoms with E-state index in [4.69, 9.17) is 4.74 Å². The lowest BCUT2D eigenvalue weighted by molar-refractivity contribution is 0.0634. The number of rotatable bonds is 4. The molecule has 0 unspecified atom stereocenters. The number of anilines is 1. The lowest BCUT2D eigenvalue weighted by Gasteiger charge is -2.28. The second kappa shape index (κ2) is 11.7. The third-order valence-corrected chi connectivity index (χ3v) is 8.71. The summed E-state index contributed by atoms with van der Waals surface area (Å²) in [5.74, 6) is -0.268. The van der Waals surface area contributed by atoms with Crippen LogP contribution in [0.5, 0.6) is 5.88 Å². The zero-order valence-electron chi connectivity index (χ0n) is 23.8. The standard InChI is InChI=1S/C34H30N4O4S.H2/c1-23-11-9-12-24(2)32(23)29-20-31-36-34(35-29)37-43(40,41)28-18-10-17-27(19-28)33(39)38(21-25-13-5-3-6-14-25)22-30(42-31)26-15-7-4-8-16-26;/h3-20,30H,21-22H2,1-2H3,(H,35,36,37);1H/t30-;/m0./s1.